The smallest absolute Gasteiger partial charge is 0.329 e. The van der Waals surface area contributed by atoms with Crippen LogP contribution in [0.1, 0.15) is 31.2 Å². The molecular weight excluding hydrogens is 488 g/mol. The number of carbonyl (C=O) groups excluding carboxylic acids is 2. The fourth-order valence-corrected chi connectivity index (χ4v) is 4.80. The Hall–Kier alpha value is -2.62. The second kappa shape index (κ2) is 10.1. The van der Waals surface area contributed by atoms with Crippen LogP contribution in [0.2, 0.25) is 0 Å². The van der Waals surface area contributed by atoms with Gasteiger partial charge >= 0.3 is 6.03 Å². The van der Waals surface area contributed by atoms with Gasteiger partial charge in [0.1, 0.15) is 5.75 Å². The van der Waals surface area contributed by atoms with E-state index in [0.29, 0.717) is 28.1 Å². The molecule has 176 valence electrons. The molecule has 3 N–H and O–H groups in total. The highest BCUT2D eigenvalue weighted by atomic mass is 79.9. The van der Waals surface area contributed by atoms with Crippen LogP contribution in [-0.2, 0) is 10.5 Å². The standard InChI is InChI=1S/C24H29BrN4O4/c1-33-19-8-5-7-18(16-19)29-23(31)27-21-10-9-17(25)15-20(21)24(29,32)22(30)26-11-6-14-28-12-3-2-4-13-28/h5,7-10,15-16,32H,2-4,6,11-14H2,1H3,(H,26,30)(H,27,31). The second-order valence-corrected chi connectivity index (χ2v) is 9.26. The monoisotopic (exact) mass is 516 g/mol. The molecule has 0 aromatic heterocycles. The van der Waals surface area contributed by atoms with Crippen molar-refractivity contribution in [2.45, 2.75) is 31.4 Å². The largest absolute Gasteiger partial charge is 0.497 e. The Morgan fingerprint density at radius 2 is 2.00 bits per heavy atom. The van der Waals surface area contributed by atoms with E-state index >= 15 is 0 Å². The number of fused-ring (bicyclic) bond motifs is 1. The van der Waals surface area contributed by atoms with E-state index in [1.54, 1.807) is 42.5 Å². The topological polar surface area (TPSA) is 94.1 Å². The Balaban J connectivity index is 1.61. The number of amides is 3. The van der Waals surface area contributed by atoms with E-state index in [1.165, 1.54) is 26.4 Å². The second-order valence-electron chi connectivity index (χ2n) is 8.34. The quantitative estimate of drug-likeness (QED) is 0.488. The predicted molar refractivity (Wildman–Crippen MR) is 130 cm³/mol. The molecule has 4 rings (SSSR count). The van der Waals surface area contributed by atoms with Crippen molar-refractivity contribution in [2.75, 3.05) is 43.5 Å². The van der Waals surface area contributed by atoms with E-state index in [2.05, 4.69) is 31.5 Å². The third-order valence-corrected chi connectivity index (χ3v) is 6.63. The van der Waals surface area contributed by atoms with Crippen LogP contribution in [0.25, 0.3) is 0 Å². The van der Waals surface area contributed by atoms with E-state index in [4.69, 9.17) is 4.74 Å². The molecule has 0 bridgehead atoms. The third-order valence-electron chi connectivity index (χ3n) is 6.14. The molecule has 33 heavy (non-hydrogen) atoms. The Bertz CT molecular complexity index is 1030. The Kier molecular flexibility index (Phi) is 7.21. The fourth-order valence-electron chi connectivity index (χ4n) is 4.44. The third kappa shape index (κ3) is 4.85. The molecule has 8 nitrogen and oxygen atoms in total. The van der Waals surface area contributed by atoms with Crippen LogP contribution in [0, 0.1) is 0 Å². The minimum absolute atomic E-state index is 0.285. The zero-order chi connectivity index (χ0) is 23.4. The number of piperidine rings is 1. The summed E-state index contributed by atoms with van der Waals surface area (Å²) in [6.45, 7) is 3.46. The molecule has 1 atom stereocenters. The maximum absolute atomic E-state index is 13.5. The van der Waals surface area contributed by atoms with Gasteiger partial charge in [0.25, 0.3) is 11.6 Å². The van der Waals surface area contributed by atoms with Gasteiger partial charge < -0.3 is 25.4 Å². The van der Waals surface area contributed by atoms with E-state index in [-0.39, 0.29) is 5.56 Å². The molecule has 2 aromatic rings. The number of aliphatic hydroxyl groups is 1. The summed E-state index contributed by atoms with van der Waals surface area (Å²) in [6.07, 6.45) is 4.46. The van der Waals surface area contributed by atoms with Gasteiger partial charge in [0.05, 0.1) is 18.5 Å². The lowest BCUT2D eigenvalue weighted by Crippen LogP contribution is -2.62. The van der Waals surface area contributed by atoms with Crippen molar-refractivity contribution in [3.05, 3.63) is 52.5 Å². The number of likely N-dealkylation sites (tertiary alicyclic amines) is 1. The molecular formula is C24H29BrN4O4. The van der Waals surface area contributed by atoms with Gasteiger partial charge in [-0.1, -0.05) is 28.4 Å². The number of halogens is 1. The van der Waals surface area contributed by atoms with E-state index < -0.39 is 17.7 Å². The average Bonchev–Trinajstić information content (AvgIpc) is 2.83. The molecule has 0 radical (unpaired) electrons. The molecule has 2 aliphatic heterocycles. The molecule has 2 aliphatic rings. The van der Waals surface area contributed by atoms with E-state index in [9.17, 15) is 14.7 Å². The molecule has 2 heterocycles. The first-order valence-electron chi connectivity index (χ1n) is 11.2. The number of benzene rings is 2. The van der Waals surface area contributed by atoms with E-state index in [1.807, 2.05) is 0 Å². The number of anilines is 2. The number of urea groups is 1. The Labute approximate surface area is 202 Å². The number of hydrogen-bond donors (Lipinski definition) is 3. The predicted octanol–water partition coefficient (Wildman–Crippen LogP) is 3.65. The highest BCUT2D eigenvalue weighted by Crippen LogP contribution is 2.41. The highest BCUT2D eigenvalue weighted by molar-refractivity contribution is 9.10. The van der Waals surface area contributed by atoms with E-state index in [0.717, 1.165) is 31.0 Å². The maximum atomic E-state index is 13.5. The average molecular weight is 517 g/mol. The molecule has 2 aromatic carbocycles. The summed E-state index contributed by atoms with van der Waals surface area (Å²) in [4.78, 5) is 30.1. The van der Waals surface area contributed by atoms with Gasteiger partial charge in [0.15, 0.2) is 0 Å². The van der Waals surface area contributed by atoms with Crippen molar-refractivity contribution < 1.29 is 19.4 Å². The first-order valence-corrected chi connectivity index (χ1v) is 12.0. The van der Waals surface area contributed by atoms with Crippen LogP contribution in [0.3, 0.4) is 0 Å². The number of hydrogen-bond acceptors (Lipinski definition) is 5. The van der Waals surface area contributed by atoms with Crippen LogP contribution in [0.15, 0.2) is 46.9 Å². The zero-order valence-corrected chi connectivity index (χ0v) is 20.2. The number of ether oxygens (including phenoxy) is 1. The number of nitrogens with one attached hydrogen (secondary N) is 2. The number of carbonyl (C=O) groups is 2. The summed E-state index contributed by atoms with van der Waals surface area (Å²) in [6, 6.07) is 11.1. The lowest BCUT2D eigenvalue weighted by molar-refractivity contribution is -0.140. The summed E-state index contributed by atoms with van der Waals surface area (Å²) in [5.74, 6) is -0.150. The molecule has 0 saturated carbocycles. The van der Waals surface area contributed by atoms with Gasteiger partial charge in [0.2, 0.25) is 0 Å². The van der Waals surface area contributed by atoms with Crippen LogP contribution in [-0.4, -0.2) is 55.2 Å². The van der Waals surface area contributed by atoms with Gasteiger partial charge in [-0.3, -0.25) is 9.69 Å². The number of rotatable bonds is 7. The number of methoxy groups -OCH3 is 1. The summed E-state index contributed by atoms with van der Waals surface area (Å²) < 4.78 is 5.96. The molecule has 9 heteroatoms. The van der Waals surface area contributed by atoms with Crippen molar-refractivity contribution in [2.24, 2.45) is 0 Å². The van der Waals surface area contributed by atoms with Gasteiger partial charge in [0, 0.05) is 22.6 Å². The lowest BCUT2D eigenvalue weighted by Gasteiger charge is -2.42. The minimum Gasteiger partial charge on any atom is -0.497 e. The van der Waals surface area contributed by atoms with Crippen molar-refractivity contribution in [3.63, 3.8) is 0 Å². The fraction of sp³-hybridized carbons (Fsp3) is 0.417. The minimum atomic E-state index is -2.24. The summed E-state index contributed by atoms with van der Waals surface area (Å²) in [7, 11) is 1.52. The molecule has 0 aliphatic carbocycles. The first kappa shape index (κ1) is 23.5. The van der Waals surface area contributed by atoms with Crippen LogP contribution in [0.5, 0.6) is 5.75 Å². The van der Waals surface area contributed by atoms with Crippen molar-refractivity contribution >= 4 is 39.2 Å². The molecule has 3 amide bonds. The van der Waals surface area contributed by atoms with Gasteiger partial charge in [-0.15, -0.1) is 0 Å². The van der Waals surface area contributed by atoms with Crippen molar-refractivity contribution in [1.29, 1.82) is 0 Å². The molecule has 1 fully saturated rings. The van der Waals surface area contributed by atoms with Gasteiger partial charge in [-0.25, -0.2) is 4.79 Å². The highest BCUT2D eigenvalue weighted by Gasteiger charge is 2.52. The number of nitrogens with zero attached hydrogens (tertiary/aromatic N) is 2. The zero-order valence-electron chi connectivity index (χ0n) is 18.6. The van der Waals surface area contributed by atoms with Crippen molar-refractivity contribution in [3.8, 4) is 5.75 Å². The SMILES string of the molecule is COc1cccc(N2C(=O)Nc3ccc(Br)cc3C2(O)C(=O)NCCCN2CCCCC2)c1. The summed E-state index contributed by atoms with van der Waals surface area (Å²) >= 11 is 3.41. The Morgan fingerprint density at radius 1 is 1.21 bits per heavy atom. The lowest BCUT2D eigenvalue weighted by atomic mass is 9.94. The van der Waals surface area contributed by atoms with Crippen molar-refractivity contribution in [1.82, 2.24) is 10.2 Å². The summed E-state index contributed by atoms with van der Waals surface area (Å²) in [5.41, 5.74) is -1.23. The first-order chi connectivity index (χ1) is 15.9. The maximum Gasteiger partial charge on any atom is 0.329 e. The normalized spacial score (nSPS) is 20.7. The van der Waals surface area contributed by atoms with Crippen LogP contribution >= 0.6 is 15.9 Å². The van der Waals surface area contributed by atoms with Crippen LogP contribution in [0.4, 0.5) is 16.2 Å². The Morgan fingerprint density at radius 3 is 2.76 bits per heavy atom. The van der Waals surface area contributed by atoms with Gasteiger partial charge in [-0.05, 0) is 69.2 Å². The molecule has 0 spiro atoms. The molecule has 1 saturated heterocycles. The van der Waals surface area contributed by atoms with Crippen LogP contribution < -0.4 is 20.3 Å². The summed E-state index contributed by atoms with van der Waals surface area (Å²) in [5, 5.41) is 17.5. The molecule has 1 unspecified atom stereocenters. The van der Waals surface area contributed by atoms with Gasteiger partial charge in [-0.2, -0.15) is 0 Å².